The zero-order chi connectivity index (χ0) is 11.8. The Kier molecular flexibility index (Phi) is 5.36. The van der Waals surface area contributed by atoms with Crippen molar-refractivity contribution in [2.24, 2.45) is 0 Å². The van der Waals surface area contributed by atoms with Gasteiger partial charge in [-0.25, -0.2) is 4.79 Å². The van der Waals surface area contributed by atoms with Gasteiger partial charge in [0.2, 0.25) is 0 Å². The van der Waals surface area contributed by atoms with E-state index in [1.54, 1.807) is 12.1 Å². The smallest absolute Gasteiger partial charge is 0.335 e. The standard InChI is InChI=1S/C12H16O4/c13-7-2-1-3-8-16-11-6-4-5-10(9-11)12(14)15/h4-6,9,13H,1-3,7-8H2,(H,14,15). The number of carboxylic acids is 1. The number of hydrogen-bond donors (Lipinski definition) is 2. The van der Waals surface area contributed by atoms with Crippen LogP contribution in [0, 0.1) is 0 Å². The normalized spacial score (nSPS) is 10.1. The molecule has 0 radical (unpaired) electrons. The van der Waals surface area contributed by atoms with E-state index >= 15 is 0 Å². The average Bonchev–Trinajstić information content (AvgIpc) is 2.29. The second-order valence-corrected chi connectivity index (χ2v) is 3.47. The summed E-state index contributed by atoms with van der Waals surface area (Å²) in [6.07, 6.45) is 2.55. The van der Waals surface area contributed by atoms with Gasteiger partial charge in [0.1, 0.15) is 5.75 Å². The van der Waals surface area contributed by atoms with Crippen LogP contribution in [0.25, 0.3) is 0 Å². The van der Waals surface area contributed by atoms with E-state index < -0.39 is 5.97 Å². The fourth-order valence-corrected chi connectivity index (χ4v) is 1.30. The number of aliphatic hydroxyl groups excluding tert-OH is 1. The lowest BCUT2D eigenvalue weighted by atomic mass is 10.2. The number of rotatable bonds is 7. The highest BCUT2D eigenvalue weighted by Gasteiger charge is 2.03. The first-order valence-electron chi connectivity index (χ1n) is 5.31. The van der Waals surface area contributed by atoms with Gasteiger partial charge >= 0.3 is 5.97 Å². The first-order chi connectivity index (χ1) is 7.74. The molecule has 4 nitrogen and oxygen atoms in total. The molecule has 4 heteroatoms. The van der Waals surface area contributed by atoms with E-state index in [2.05, 4.69) is 0 Å². The van der Waals surface area contributed by atoms with E-state index in [-0.39, 0.29) is 12.2 Å². The maximum atomic E-state index is 10.7. The molecular formula is C12H16O4. The van der Waals surface area contributed by atoms with Crippen LogP contribution in [0.5, 0.6) is 5.75 Å². The minimum atomic E-state index is -0.953. The van der Waals surface area contributed by atoms with Crippen LogP contribution in [0.1, 0.15) is 29.6 Å². The molecule has 0 aliphatic rings. The van der Waals surface area contributed by atoms with Crippen molar-refractivity contribution in [3.05, 3.63) is 29.8 Å². The van der Waals surface area contributed by atoms with Crippen molar-refractivity contribution in [1.82, 2.24) is 0 Å². The van der Waals surface area contributed by atoms with Gasteiger partial charge in [0.25, 0.3) is 0 Å². The second kappa shape index (κ2) is 6.85. The third-order valence-corrected chi connectivity index (χ3v) is 2.15. The van der Waals surface area contributed by atoms with Gasteiger partial charge in [-0.15, -0.1) is 0 Å². The Hall–Kier alpha value is -1.55. The Labute approximate surface area is 94.5 Å². The van der Waals surface area contributed by atoms with Crippen LogP contribution in [0.4, 0.5) is 0 Å². The van der Waals surface area contributed by atoms with Crippen molar-refractivity contribution >= 4 is 5.97 Å². The summed E-state index contributed by atoms with van der Waals surface area (Å²) in [5, 5.41) is 17.3. The zero-order valence-corrected chi connectivity index (χ0v) is 9.06. The fraction of sp³-hybridized carbons (Fsp3) is 0.417. The molecule has 0 bridgehead atoms. The Morgan fingerprint density at radius 1 is 1.25 bits per heavy atom. The summed E-state index contributed by atoms with van der Waals surface area (Å²) >= 11 is 0. The predicted molar refractivity (Wildman–Crippen MR) is 59.8 cm³/mol. The maximum absolute atomic E-state index is 10.7. The lowest BCUT2D eigenvalue weighted by molar-refractivity contribution is 0.0696. The maximum Gasteiger partial charge on any atom is 0.335 e. The Morgan fingerprint density at radius 3 is 2.75 bits per heavy atom. The third-order valence-electron chi connectivity index (χ3n) is 2.15. The highest BCUT2D eigenvalue weighted by molar-refractivity contribution is 5.87. The number of ether oxygens (including phenoxy) is 1. The molecule has 0 aromatic heterocycles. The Balaban J connectivity index is 2.36. The predicted octanol–water partition coefficient (Wildman–Crippen LogP) is 1.93. The van der Waals surface area contributed by atoms with Crippen molar-refractivity contribution in [1.29, 1.82) is 0 Å². The molecule has 88 valence electrons. The number of carbonyl (C=O) groups is 1. The summed E-state index contributed by atoms with van der Waals surface area (Å²) in [5.74, 6) is -0.380. The highest BCUT2D eigenvalue weighted by Crippen LogP contribution is 2.13. The SMILES string of the molecule is O=C(O)c1cccc(OCCCCCO)c1. The molecule has 0 saturated carbocycles. The van der Waals surface area contributed by atoms with E-state index in [1.807, 2.05) is 0 Å². The van der Waals surface area contributed by atoms with Gasteiger partial charge in [0, 0.05) is 6.61 Å². The van der Waals surface area contributed by atoms with Crippen LogP contribution in [0.3, 0.4) is 0 Å². The van der Waals surface area contributed by atoms with Gasteiger partial charge in [-0.3, -0.25) is 0 Å². The van der Waals surface area contributed by atoms with E-state index in [1.165, 1.54) is 12.1 Å². The van der Waals surface area contributed by atoms with Crippen molar-refractivity contribution in [3.63, 3.8) is 0 Å². The fourth-order valence-electron chi connectivity index (χ4n) is 1.30. The van der Waals surface area contributed by atoms with Crippen molar-refractivity contribution in [2.45, 2.75) is 19.3 Å². The van der Waals surface area contributed by atoms with Gasteiger partial charge < -0.3 is 14.9 Å². The minimum Gasteiger partial charge on any atom is -0.494 e. The molecule has 0 spiro atoms. The van der Waals surface area contributed by atoms with Gasteiger partial charge in [-0.2, -0.15) is 0 Å². The summed E-state index contributed by atoms with van der Waals surface area (Å²) in [5.41, 5.74) is 0.229. The van der Waals surface area contributed by atoms with Crippen LogP contribution in [-0.4, -0.2) is 29.4 Å². The number of carboxylic acid groups (broad SMARTS) is 1. The van der Waals surface area contributed by atoms with E-state index in [0.29, 0.717) is 12.4 Å². The van der Waals surface area contributed by atoms with Gasteiger partial charge in [-0.1, -0.05) is 6.07 Å². The van der Waals surface area contributed by atoms with Crippen molar-refractivity contribution in [2.75, 3.05) is 13.2 Å². The average molecular weight is 224 g/mol. The number of aromatic carboxylic acids is 1. The molecule has 0 saturated heterocycles. The number of hydrogen-bond acceptors (Lipinski definition) is 3. The first kappa shape index (κ1) is 12.5. The molecule has 1 rings (SSSR count). The zero-order valence-electron chi connectivity index (χ0n) is 9.06. The van der Waals surface area contributed by atoms with Crippen LogP contribution < -0.4 is 4.74 Å². The molecule has 0 fully saturated rings. The van der Waals surface area contributed by atoms with Crippen molar-refractivity contribution in [3.8, 4) is 5.75 Å². The van der Waals surface area contributed by atoms with Gasteiger partial charge in [0.05, 0.1) is 12.2 Å². The number of benzene rings is 1. The topological polar surface area (TPSA) is 66.8 Å². The molecule has 0 aliphatic carbocycles. The molecule has 0 unspecified atom stereocenters. The van der Waals surface area contributed by atoms with Gasteiger partial charge in [-0.05, 0) is 37.5 Å². The van der Waals surface area contributed by atoms with E-state index in [9.17, 15) is 4.79 Å². The van der Waals surface area contributed by atoms with Crippen LogP contribution in [0.15, 0.2) is 24.3 Å². The monoisotopic (exact) mass is 224 g/mol. The minimum absolute atomic E-state index is 0.203. The Morgan fingerprint density at radius 2 is 2.06 bits per heavy atom. The second-order valence-electron chi connectivity index (χ2n) is 3.47. The molecule has 1 aromatic carbocycles. The Bertz CT molecular complexity index is 336. The lowest BCUT2D eigenvalue weighted by Gasteiger charge is -2.06. The number of aliphatic hydroxyl groups is 1. The molecule has 0 aliphatic heterocycles. The van der Waals surface area contributed by atoms with Crippen LogP contribution in [-0.2, 0) is 0 Å². The number of unbranched alkanes of at least 4 members (excludes halogenated alkanes) is 2. The summed E-state index contributed by atoms with van der Waals surface area (Å²) in [6.45, 7) is 0.748. The largest absolute Gasteiger partial charge is 0.494 e. The van der Waals surface area contributed by atoms with Crippen LogP contribution in [0.2, 0.25) is 0 Å². The quantitative estimate of drug-likeness (QED) is 0.694. The van der Waals surface area contributed by atoms with E-state index in [4.69, 9.17) is 14.9 Å². The first-order valence-corrected chi connectivity index (χ1v) is 5.31. The highest BCUT2D eigenvalue weighted by atomic mass is 16.5. The van der Waals surface area contributed by atoms with E-state index in [0.717, 1.165) is 19.3 Å². The van der Waals surface area contributed by atoms with Crippen LogP contribution >= 0.6 is 0 Å². The molecule has 2 N–H and O–H groups in total. The third kappa shape index (κ3) is 4.31. The summed E-state index contributed by atoms with van der Waals surface area (Å²) in [4.78, 5) is 10.7. The summed E-state index contributed by atoms with van der Waals surface area (Å²) < 4.78 is 5.40. The molecular weight excluding hydrogens is 208 g/mol. The van der Waals surface area contributed by atoms with Crippen molar-refractivity contribution < 1.29 is 19.7 Å². The molecule has 1 aromatic rings. The molecule has 0 amide bonds. The summed E-state index contributed by atoms with van der Waals surface area (Å²) in [7, 11) is 0. The lowest BCUT2D eigenvalue weighted by Crippen LogP contribution is -2.00. The molecule has 16 heavy (non-hydrogen) atoms. The molecule has 0 heterocycles. The summed E-state index contributed by atoms with van der Waals surface area (Å²) in [6, 6.07) is 6.43. The van der Waals surface area contributed by atoms with Gasteiger partial charge in [0.15, 0.2) is 0 Å². The molecule has 0 atom stereocenters.